The summed E-state index contributed by atoms with van der Waals surface area (Å²) >= 11 is 0. The smallest absolute Gasteiger partial charge is 0.146 e. The van der Waals surface area contributed by atoms with Gasteiger partial charge in [0.2, 0.25) is 0 Å². The van der Waals surface area contributed by atoms with E-state index in [1.165, 1.54) is 88.6 Å². The topological polar surface area (TPSA) is 127 Å². The van der Waals surface area contributed by atoms with Crippen LogP contribution in [0.2, 0.25) is 0 Å². The first-order valence-electron chi connectivity index (χ1n) is 46.2. The van der Waals surface area contributed by atoms with Crippen molar-refractivity contribution in [3.63, 3.8) is 0 Å². The molecule has 10 aromatic rings. The van der Waals surface area contributed by atoms with E-state index in [0.29, 0.717) is 102 Å². The number of phenols is 3. The molecule has 0 spiro atoms. The molecule has 0 radical (unpaired) electrons. The van der Waals surface area contributed by atoms with E-state index in [1.807, 2.05) is 72.8 Å². The van der Waals surface area contributed by atoms with Crippen molar-refractivity contribution in [2.75, 3.05) is 19.8 Å². The molecule has 0 aliphatic rings. The monoisotopic (exact) mass is 1640 g/mol. The molecule has 4 aromatic heterocycles. The summed E-state index contributed by atoms with van der Waals surface area (Å²) in [6.07, 6.45) is 19.7. The standard InChI is InChI=1S/C114H135N3O6/c1-22-25-28-31-34-37-52-121-100-67-94-46-40-82-55-91(109-103(76(10)11)61-88(73(4)5)62-104(109)77(12)13)57-84(112(82)118)42-48-96-69-101(122-53-38-35-32-29-26-23-2)71-98(116-96)50-44-86-59-93(111-107(80(18)19)65-90(75(8)9)66-108(111)81(20)21)60-87(114(86)120)45-51-99-72-102(123-54-39-36-33-30-27-24-3)70-97(117-99)49-43-85-58-92(56-83(113(85)119)41-47-95(68-100)115-94)110-105(78(14)15)63-89(74(6)7)64-106(110)79(16)17/h55-81,118-120H,22-39,52-54H2,1-21H3. The third-order valence-corrected chi connectivity index (χ3v) is 23.2. The van der Waals surface area contributed by atoms with Crippen LogP contribution in [0.25, 0.3) is 98.8 Å². The van der Waals surface area contributed by atoms with Gasteiger partial charge in [0.25, 0.3) is 0 Å². The van der Waals surface area contributed by atoms with Crippen LogP contribution in [0, 0.1) is 72.8 Å². The van der Waals surface area contributed by atoms with Crippen molar-refractivity contribution in [1.29, 1.82) is 0 Å². The van der Waals surface area contributed by atoms with Gasteiger partial charge in [-0.25, -0.2) is 15.0 Å². The van der Waals surface area contributed by atoms with Crippen LogP contribution in [0.5, 0.6) is 34.5 Å². The molecule has 123 heavy (non-hydrogen) atoms. The quantitative estimate of drug-likeness (QED) is 0.0329. The van der Waals surface area contributed by atoms with Crippen molar-refractivity contribution in [2.24, 2.45) is 0 Å². The largest absolute Gasteiger partial charge is 0.505 e. The third kappa shape index (κ3) is 25.8. The highest BCUT2D eigenvalue weighted by Crippen LogP contribution is 2.46. The molecule has 3 N–H and O–H groups in total. The maximum Gasteiger partial charge on any atom is 0.146 e. The van der Waals surface area contributed by atoms with E-state index < -0.39 is 0 Å². The molecule has 6 aromatic carbocycles. The average molecular weight is 1640 g/mol. The minimum absolute atomic E-state index is 0.107. The van der Waals surface area contributed by atoms with Crippen molar-refractivity contribution >= 4 is 65.4 Å². The van der Waals surface area contributed by atoms with Gasteiger partial charge in [-0.3, -0.25) is 0 Å². The van der Waals surface area contributed by atoms with E-state index in [4.69, 9.17) is 29.2 Å². The minimum atomic E-state index is -0.107. The first-order chi connectivity index (χ1) is 59.0. The fourth-order valence-electron chi connectivity index (χ4n) is 15.9. The van der Waals surface area contributed by atoms with E-state index in [1.54, 1.807) is 0 Å². The maximum absolute atomic E-state index is 12.9. The maximum atomic E-state index is 12.9. The lowest BCUT2D eigenvalue weighted by Crippen LogP contribution is -2.03. The van der Waals surface area contributed by atoms with Gasteiger partial charge in [0, 0.05) is 36.4 Å². The Balaban J connectivity index is 1.38. The number of phenolic OH excluding ortho intramolecular Hbond substituents is 3. The second kappa shape index (κ2) is 45.4. The van der Waals surface area contributed by atoms with Gasteiger partial charge in [0.05, 0.1) is 52.1 Å². The Morgan fingerprint density at radius 3 is 0.577 bits per heavy atom. The molecule has 9 heteroatoms. The number of hydrogen-bond acceptors (Lipinski definition) is 9. The lowest BCUT2D eigenvalue weighted by atomic mass is 9.81. The highest BCUT2D eigenvalue weighted by molar-refractivity contribution is 5.91. The molecule has 0 aliphatic heterocycles. The molecule has 0 amide bonds. The molecule has 0 atom stereocenters. The number of unbranched alkanes of at least 4 members (excludes halogenated alkanes) is 15. The lowest BCUT2D eigenvalue weighted by Gasteiger charge is -2.23. The molecule has 0 fully saturated rings. The molecule has 0 saturated carbocycles. The number of fused-ring (bicyclic) bond motifs is 12. The summed E-state index contributed by atoms with van der Waals surface area (Å²) in [5.74, 6) is 2.95. The SMILES string of the molecule is CCCCCCCCOc1cc2c#cc3cc(-c4c(C(C)C)cc(C(C)C)cc4C(C)C)cc(c#cc4cc(OCCCCCCCC)cc(c#cc5cc(-c6c(C(C)C)cc(C(C)C)cc6C(C)C)cc(c#cc6cc(OCCCCCCCC)cc(c#cc7cc(-c8c(C(C)C)cc(C(C)C)cc8C(C)C)cc(c#cc(c1)n2)c7O)n6)c5O)n4)c3O. The van der Waals surface area contributed by atoms with Gasteiger partial charge in [-0.05, 0) is 229 Å². The number of aromatic hydroxyl groups is 3. The molecule has 0 unspecified atom stereocenters. The molecule has 12 bridgehead atoms. The van der Waals surface area contributed by atoms with E-state index in [-0.39, 0.29) is 70.5 Å². The van der Waals surface area contributed by atoms with Crippen molar-refractivity contribution < 1.29 is 29.5 Å². The van der Waals surface area contributed by atoms with Crippen molar-refractivity contribution in [3.8, 4) is 67.9 Å². The van der Waals surface area contributed by atoms with Crippen LogP contribution in [0.1, 0.15) is 364 Å². The molecular formula is C114H135N3O6. The number of ether oxygens (including phenoxy) is 3. The predicted molar refractivity (Wildman–Crippen MR) is 515 cm³/mol. The van der Waals surface area contributed by atoms with Gasteiger partial charge in [0.15, 0.2) is 0 Å². The zero-order chi connectivity index (χ0) is 88.6. The zero-order valence-electron chi connectivity index (χ0n) is 77.8. The third-order valence-electron chi connectivity index (χ3n) is 23.2. The van der Waals surface area contributed by atoms with Crippen LogP contribution in [-0.2, 0) is 0 Å². The van der Waals surface area contributed by atoms with Crippen molar-refractivity contribution in [1.82, 2.24) is 15.0 Å². The Morgan fingerprint density at radius 2 is 0.407 bits per heavy atom. The van der Waals surface area contributed by atoms with Gasteiger partial charge in [0.1, 0.15) is 67.6 Å². The summed E-state index contributed by atoms with van der Waals surface area (Å²) in [4.78, 5) is 15.5. The van der Waals surface area contributed by atoms with E-state index in [2.05, 4.69) is 255 Å². The van der Waals surface area contributed by atoms with Gasteiger partial charge < -0.3 is 29.5 Å². The van der Waals surface area contributed by atoms with Crippen LogP contribution < -0.4 is 14.2 Å². The second-order valence-electron chi connectivity index (χ2n) is 36.4. The predicted octanol–water partition coefficient (Wildman–Crippen LogP) is 31.9. The summed E-state index contributed by atoms with van der Waals surface area (Å²) in [5, 5.41) is 40.9. The highest BCUT2D eigenvalue weighted by atomic mass is 16.5. The van der Waals surface area contributed by atoms with Crippen LogP contribution in [-0.4, -0.2) is 50.1 Å². The number of benzene rings is 6. The van der Waals surface area contributed by atoms with Gasteiger partial charge in [-0.2, -0.15) is 0 Å². The van der Waals surface area contributed by atoms with Crippen LogP contribution in [0.15, 0.2) is 109 Å². The Labute approximate surface area is 739 Å². The van der Waals surface area contributed by atoms with Crippen LogP contribution in [0.4, 0.5) is 0 Å². The molecule has 0 aliphatic carbocycles. The number of pyridine rings is 3. The number of hydrogen-bond donors (Lipinski definition) is 3. The summed E-state index contributed by atoms with van der Waals surface area (Å²) in [6, 6.07) is 77.9. The van der Waals surface area contributed by atoms with E-state index in [0.717, 1.165) is 110 Å². The Hall–Kier alpha value is -11.1. The summed E-state index contributed by atoms with van der Waals surface area (Å²) < 4.78 is 19.9. The van der Waals surface area contributed by atoms with E-state index in [9.17, 15) is 15.3 Å². The second-order valence-corrected chi connectivity index (χ2v) is 36.4. The molecule has 10 rings (SSSR count). The van der Waals surface area contributed by atoms with E-state index >= 15 is 0 Å². The van der Waals surface area contributed by atoms with Crippen molar-refractivity contribution in [3.05, 3.63) is 232 Å². The fraction of sp³-hybridized carbons (Fsp3) is 0.447. The minimum Gasteiger partial charge on any atom is -0.505 e. The van der Waals surface area contributed by atoms with Gasteiger partial charge in [-0.15, -0.1) is 0 Å². The Kier molecular flexibility index (Phi) is 34.7. The van der Waals surface area contributed by atoms with Crippen LogP contribution >= 0.6 is 0 Å². The van der Waals surface area contributed by atoms with Gasteiger partial charge >= 0.3 is 0 Å². The lowest BCUT2D eigenvalue weighted by molar-refractivity contribution is 0.304. The molecule has 4 heterocycles. The molecule has 0 saturated heterocycles. The first kappa shape index (κ1) is 94.2. The summed E-state index contributed by atoms with van der Waals surface area (Å²) in [6.45, 7) is 48.4. The average Bonchev–Trinajstić information content (AvgIpc) is 0.776. The molecular weight excluding hydrogens is 1510 g/mol. The van der Waals surface area contributed by atoms with Gasteiger partial charge in [-0.1, -0.05) is 315 Å². The normalized spacial score (nSPS) is 11.4. The Morgan fingerprint density at radius 1 is 0.228 bits per heavy atom. The number of nitrogens with zero attached hydrogens (tertiary/aromatic N) is 3. The zero-order valence-corrected chi connectivity index (χ0v) is 77.8. The summed E-state index contributed by atoms with van der Waals surface area (Å²) in [7, 11) is 0. The molecule has 9 nitrogen and oxygen atoms in total. The molecule has 642 valence electrons. The first-order valence-corrected chi connectivity index (χ1v) is 46.2. The fourth-order valence-corrected chi connectivity index (χ4v) is 15.9. The summed E-state index contributed by atoms with van der Waals surface area (Å²) in [5.41, 5.74) is 18.8. The van der Waals surface area contributed by atoms with Crippen LogP contribution in [0.3, 0.4) is 0 Å². The number of aromatic nitrogens is 3. The Bertz CT molecular complexity index is 4770. The highest BCUT2D eigenvalue weighted by Gasteiger charge is 2.24. The number of rotatable bonds is 36. The van der Waals surface area contributed by atoms with Crippen molar-refractivity contribution in [2.45, 2.75) is 314 Å².